The zero-order chi connectivity index (χ0) is 13.7. The van der Waals surface area contributed by atoms with Crippen molar-refractivity contribution in [3.8, 4) is 0 Å². The minimum atomic E-state index is -0.145. The highest BCUT2D eigenvalue weighted by Gasteiger charge is 2.07. The summed E-state index contributed by atoms with van der Waals surface area (Å²) in [5.74, 6) is -0.145. The van der Waals surface area contributed by atoms with Crippen LogP contribution in [0.2, 0.25) is 0 Å². The van der Waals surface area contributed by atoms with Gasteiger partial charge in [-0.1, -0.05) is 12.1 Å². The molecule has 3 N–H and O–H groups in total. The average molecular weight is 275 g/mol. The number of carbonyl (C=O) groups is 2. The number of nitrogen functional groups attached to an aromatic ring is 1. The molecular formula is C13H13N3O2S. The minimum absolute atomic E-state index is 0.145. The molecule has 19 heavy (non-hydrogen) atoms. The molecule has 0 aliphatic carbocycles. The predicted octanol–water partition coefficient (Wildman–Crippen LogP) is 1.65. The van der Waals surface area contributed by atoms with E-state index < -0.39 is 0 Å². The SMILES string of the molecule is Nc1nc(CC(=O)Nc2ccc(CC=O)cc2)cs1. The minimum Gasteiger partial charge on any atom is -0.375 e. The highest BCUT2D eigenvalue weighted by molar-refractivity contribution is 7.13. The smallest absolute Gasteiger partial charge is 0.230 e. The monoisotopic (exact) mass is 275 g/mol. The fraction of sp³-hybridized carbons (Fsp3) is 0.154. The topological polar surface area (TPSA) is 85.1 Å². The van der Waals surface area contributed by atoms with Crippen LogP contribution in [0.3, 0.4) is 0 Å². The van der Waals surface area contributed by atoms with Crippen LogP contribution in [0.25, 0.3) is 0 Å². The van der Waals surface area contributed by atoms with Gasteiger partial charge in [0.15, 0.2) is 5.13 Å². The number of nitrogens with one attached hydrogen (secondary N) is 1. The molecular weight excluding hydrogens is 262 g/mol. The third kappa shape index (κ3) is 3.89. The summed E-state index contributed by atoms with van der Waals surface area (Å²) in [6, 6.07) is 7.16. The molecule has 5 nitrogen and oxygen atoms in total. The van der Waals surface area contributed by atoms with Crippen LogP contribution in [-0.2, 0) is 22.4 Å². The standard InChI is InChI=1S/C13H13N3O2S/c14-13-16-11(8-19-13)7-12(18)15-10-3-1-9(2-4-10)5-6-17/h1-4,6,8H,5,7H2,(H2,14,16)(H,15,18). The lowest BCUT2D eigenvalue weighted by atomic mass is 10.1. The van der Waals surface area contributed by atoms with Gasteiger partial charge in [0, 0.05) is 17.5 Å². The normalized spacial score (nSPS) is 10.1. The van der Waals surface area contributed by atoms with Gasteiger partial charge in [-0.2, -0.15) is 0 Å². The number of hydrogen-bond donors (Lipinski definition) is 2. The lowest BCUT2D eigenvalue weighted by Crippen LogP contribution is -2.14. The third-order valence-electron chi connectivity index (χ3n) is 2.47. The molecule has 6 heteroatoms. The molecule has 0 aliphatic rings. The Bertz CT molecular complexity index is 578. The summed E-state index contributed by atoms with van der Waals surface area (Å²) in [6.45, 7) is 0. The molecule has 98 valence electrons. The van der Waals surface area contributed by atoms with Crippen LogP contribution in [-0.4, -0.2) is 17.2 Å². The molecule has 1 aromatic carbocycles. The van der Waals surface area contributed by atoms with E-state index in [4.69, 9.17) is 5.73 Å². The molecule has 0 atom stereocenters. The molecule has 1 aromatic heterocycles. The van der Waals surface area contributed by atoms with Crippen LogP contribution < -0.4 is 11.1 Å². The summed E-state index contributed by atoms with van der Waals surface area (Å²) in [6.07, 6.45) is 1.43. The van der Waals surface area contributed by atoms with E-state index in [2.05, 4.69) is 10.3 Å². The van der Waals surface area contributed by atoms with Gasteiger partial charge < -0.3 is 15.8 Å². The van der Waals surface area contributed by atoms with Crippen molar-refractivity contribution in [3.63, 3.8) is 0 Å². The van der Waals surface area contributed by atoms with Crippen molar-refractivity contribution in [1.82, 2.24) is 4.98 Å². The maximum Gasteiger partial charge on any atom is 0.230 e. The van der Waals surface area contributed by atoms with E-state index in [-0.39, 0.29) is 12.3 Å². The molecule has 0 unspecified atom stereocenters. The predicted molar refractivity (Wildman–Crippen MR) is 75.1 cm³/mol. The molecule has 2 aromatic rings. The summed E-state index contributed by atoms with van der Waals surface area (Å²) < 4.78 is 0. The van der Waals surface area contributed by atoms with Crippen molar-refractivity contribution in [2.24, 2.45) is 0 Å². The molecule has 1 heterocycles. The van der Waals surface area contributed by atoms with Gasteiger partial charge in [0.2, 0.25) is 5.91 Å². The number of hydrogen-bond acceptors (Lipinski definition) is 5. The fourth-order valence-corrected chi connectivity index (χ4v) is 2.16. The molecule has 2 rings (SSSR count). The van der Waals surface area contributed by atoms with E-state index in [0.29, 0.717) is 22.9 Å². The lowest BCUT2D eigenvalue weighted by molar-refractivity contribution is -0.115. The fourth-order valence-electron chi connectivity index (χ4n) is 1.59. The Morgan fingerprint density at radius 3 is 2.68 bits per heavy atom. The van der Waals surface area contributed by atoms with Gasteiger partial charge in [-0.25, -0.2) is 4.98 Å². The van der Waals surface area contributed by atoms with Gasteiger partial charge in [-0.15, -0.1) is 11.3 Å². The number of nitrogens with two attached hydrogens (primary N) is 1. The van der Waals surface area contributed by atoms with Gasteiger partial charge in [0.05, 0.1) is 12.1 Å². The third-order valence-corrected chi connectivity index (χ3v) is 3.19. The molecule has 0 fully saturated rings. The summed E-state index contributed by atoms with van der Waals surface area (Å²) in [7, 11) is 0. The van der Waals surface area contributed by atoms with Crippen molar-refractivity contribution in [1.29, 1.82) is 0 Å². The molecule has 0 saturated carbocycles. The molecule has 0 bridgehead atoms. The van der Waals surface area contributed by atoms with E-state index in [1.54, 1.807) is 17.5 Å². The van der Waals surface area contributed by atoms with E-state index in [0.717, 1.165) is 11.8 Å². The molecule has 0 saturated heterocycles. The van der Waals surface area contributed by atoms with E-state index >= 15 is 0 Å². The highest BCUT2D eigenvalue weighted by atomic mass is 32.1. The Kier molecular flexibility index (Phi) is 4.25. The molecule has 1 amide bonds. The molecule has 0 aliphatic heterocycles. The van der Waals surface area contributed by atoms with Crippen LogP contribution in [0.15, 0.2) is 29.6 Å². The highest BCUT2D eigenvalue weighted by Crippen LogP contribution is 2.13. The number of nitrogens with zero attached hydrogens (tertiary/aromatic N) is 1. The Balaban J connectivity index is 1.93. The van der Waals surface area contributed by atoms with E-state index in [1.807, 2.05) is 12.1 Å². The van der Waals surface area contributed by atoms with Crippen molar-refractivity contribution in [3.05, 3.63) is 40.9 Å². The van der Waals surface area contributed by atoms with Gasteiger partial charge in [0.1, 0.15) is 6.29 Å². The number of aldehydes is 1. The Labute approximate surface area is 114 Å². The van der Waals surface area contributed by atoms with Crippen molar-refractivity contribution >= 4 is 34.3 Å². The quantitative estimate of drug-likeness (QED) is 0.812. The summed E-state index contributed by atoms with van der Waals surface area (Å²) in [4.78, 5) is 26.1. The van der Waals surface area contributed by atoms with Crippen LogP contribution in [0.4, 0.5) is 10.8 Å². The number of rotatable bonds is 5. The number of benzene rings is 1. The number of aromatic nitrogens is 1. The van der Waals surface area contributed by atoms with Crippen molar-refractivity contribution < 1.29 is 9.59 Å². The zero-order valence-corrected chi connectivity index (χ0v) is 10.9. The number of amides is 1. The Morgan fingerprint density at radius 1 is 1.37 bits per heavy atom. The first-order chi connectivity index (χ1) is 9.17. The van der Waals surface area contributed by atoms with Gasteiger partial charge in [-0.05, 0) is 17.7 Å². The van der Waals surface area contributed by atoms with Crippen LogP contribution in [0.5, 0.6) is 0 Å². The average Bonchev–Trinajstić information content (AvgIpc) is 2.77. The van der Waals surface area contributed by atoms with Crippen molar-refractivity contribution in [2.75, 3.05) is 11.1 Å². The number of thiazole rings is 1. The van der Waals surface area contributed by atoms with Gasteiger partial charge >= 0.3 is 0 Å². The summed E-state index contributed by atoms with van der Waals surface area (Å²) in [5, 5.41) is 4.99. The van der Waals surface area contributed by atoms with Crippen molar-refractivity contribution in [2.45, 2.75) is 12.8 Å². The maximum atomic E-state index is 11.8. The van der Waals surface area contributed by atoms with E-state index in [9.17, 15) is 9.59 Å². The zero-order valence-electron chi connectivity index (χ0n) is 10.1. The summed E-state index contributed by atoms with van der Waals surface area (Å²) in [5.41, 5.74) is 7.78. The second kappa shape index (κ2) is 6.10. The molecule has 0 spiro atoms. The summed E-state index contributed by atoms with van der Waals surface area (Å²) >= 11 is 1.31. The second-order valence-corrected chi connectivity index (χ2v) is 4.86. The molecule has 0 radical (unpaired) electrons. The second-order valence-electron chi connectivity index (χ2n) is 3.97. The largest absolute Gasteiger partial charge is 0.375 e. The first-order valence-corrected chi connectivity index (χ1v) is 6.57. The Morgan fingerprint density at radius 2 is 2.11 bits per heavy atom. The van der Waals surface area contributed by atoms with Crippen LogP contribution in [0, 0.1) is 0 Å². The van der Waals surface area contributed by atoms with Crippen LogP contribution >= 0.6 is 11.3 Å². The Hall–Kier alpha value is -2.21. The van der Waals surface area contributed by atoms with Crippen LogP contribution in [0.1, 0.15) is 11.3 Å². The van der Waals surface area contributed by atoms with Gasteiger partial charge in [-0.3, -0.25) is 4.79 Å². The maximum absolute atomic E-state index is 11.8. The van der Waals surface area contributed by atoms with E-state index in [1.165, 1.54) is 11.3 Å². The lowest BCUT2D eigenvalue weighted by Gasteiger charge is -2.04. The first kappa shape index (κ1) is 13.2. The number of carbonyl (C=O) groups excluding carboxylic acids is 2. The number of anilines is 2. The van der Waals surface area contributed by atoms with Gasteiger partial charge in [0.25, 0.3) is 0 Å². The first-order valence-electron chi connectivity index (χ1n) is 5.69.